The van der Waals surface area contributed by atoms with Crippen LogP contribution in [0.1, 0.15) is 37.7 Å². The maximum Gasteiger partial charge on any atom is 0.307 e. The number of fused-ring (bicyclic) bond motifs is 1. The van der Waals surface area contributed by atoms with Crippen molar-refractivity contribution in [3.05, 3.63) is 35.9 Å². The molecule has 3 atom stereocenters. The van der Waals surface area contributed by atoms with Gasteiger partial charge >= 0.3 is 5.97 Å². The predicted molar refractivity (Wildman–Crippen MR) is 87.9 cm³/mol. The van der Waals surface area contributed by atoms with E-state index < -0.39 is 11.9 Å². The Kier molecular flexibility index (Phi) is 4.99. The van der Waals surface area contributed by atoms with Gasteiger partial charge in [0.05, 0.1) is 5.92 Å². The first-order valence-corrected chi connectivity index (χ1v) is 8.68. The summed E-state index contributed by atoms with van der Waals surface area (Å²) in [5, 5.41) is 9.46. The Morgan fingerprint density at radius 2 is 1.70 bits per heavy atom. The maximum absolute atomic E-state index is 12.6. The third-order valence-electron chi connectivity index (χ3n) is 5.42. The third-order valence-corrected chi connectivity index (χ3v) is 5.42. The van der Waals surface area contributed by atoms with E-state index in [9.17, 15) is 14.7 Å². The lowest BCUT2D eigenvalue weighted by Crippen LogP contribution is -2.33. The monoisotopic (exact) mass is 315 g/mol. The first kappa shape index (κ1) is 16.0. The summed E-state index contributed by atoms with van der Waals surface area (Å²) in [4.78, 5) is 26.0. The fraction of sp³-hybridized carbons (Fsp3) is 0.579. The van der Waals surface area contributed by atoms with Crippen LogP contribution in [0.25, 0.3) is 0 Å². The summed E-state index contributed by atoms with van der Waals surface area (Å²) in [6.07, 6.45) is 5.53. The molecule has 3 rings (SSSR count). The van der Waals surface area contributed by atoms with Gasteiger partial charge in [-0.05, 0) is 36.7 Å². The van der Waals surface area contributed by atoms with Crippen molar-refractivity contribution in [3.8, 4) is 0 Å². The fourth-order valence-electron chi connectivity index (χ4n) is 4.09. The highest BCUT2D eigenvalue weighted by molar-refractivity contribution is 5.82. The molecule has 1 amide bonds. The minimum absolute atomic E-state index is 0.0164. The number of carboxylic acid groups (broad SMARTS) is 1. The zero-order valence-electron chi connectivity index (χ0n) is 13.5. The molecule has 2 fully saturated rings. The Labute approximate surface area is 137 Å². The molecule has 1 saturated heterocycles. The second kappa shape index (κ2) is 7.16. The van der Waals surface area contributed by atoms with Gasteiger partial charge in [0.25, 0.3) is 0 Å². The Hall–Kier alpha value is -1.84. The number of likely N-dealkylation sites (tertiary alicyclic amines) is 1. The van der Waals surface area contributed by atoms with Gasteiger partial charge in [-0.1, -0.05) is 43.2 Å². The first-order valence-electron chi connectivity index (χ1n) is 8.68. The van der Waals surface area contributed by atoms with Gasteiger partial charge < -0.3 is 10.0 Å². The summed E-state index contributed by atoms with van der Waals surface area (Å²) in [7, 11) is 0. The van der Waals surface area contributed by atoms with E-state index in [1.807, 2.05) is 35.2 Å². The molecule has 2 unspecified atom stereocenters. The Morgan fingerprint density at radius 3 is 2.26 bits per heavy atom. The summed E-state index contributed by atoms with van der Waals surface area (Å²) >= 11 is 0. The molecule has 1 heterocycles. The van der Waals surface area contributed by atoms with Crippen molar-refractivity contribution in [2.75, 3.05) is 13.1 Å². The Morgan fingerprint density at radius 1 is 1.09 bits per heavy atom. The van der Waals surface area contributed by atoms with Crippen LogP contribution in [-0.2, 0) is 16.0 Å². The van der Waals surface area contributed by atoms with Crippen molar-refractivity contribution in [1.29, 1.82) is 0 Å². The number of carboxylic acids is 1. The van der Waals surface area contributed by atoms with E-state index in [4.69, 9.17) is 0 Å². The highest BCUT2D eigenvalue weighted by atomic mass is 16.4. The average Bonchev–Trinajstić information content (AvgIpc) is 2.99. The number of carbonyl (C=O) groups is 2. The summed E-state index contributed by atoms with van der Waals surface area (Å²) in [5.41, 5.74) is 0.975. The number of nitrogens with zero attached hydrogens (tertiary/aromatic N) is 1. The average molecular weight is 315 g/mol. The number of amides is 1. The van der Waals surface area contributed by atoms with Crippen LogP contribution in [0.2, 0.25) is 0 Å². The molecular formula is C19H25NO3. The third kappa shape index (κ3) is 3.92. The van der Waals surface area contributed by atoms with E-state index in [0.717, 1.165) is 18.7 Å². The molecule has 1 aliphatic heterocycles. The molecule has 1 saturated carbocycles. The summed E-state index contributed by atoms with van der Waals surface area (Å²) < 4.78 is 0. The van der Waals surface area contributed by atoms with Crippen molar-refractivity contribution in [1.82, 2.24) is 4.90 Å². The minimum Gasteiger partial charge on any atom is -0.481 e. The topological polar surface area (TPSA) is 57.6 Å². The van der Waals surface area contributed by atoms with Gasteiger partial charge in [0.1, 0.15) is 0 Å². The number of carbonyl (C=O) groups excluding carboxylic acids is 1. The predicted octanol–water partition coefficient (Wildman–Crippen LogP) is 2.97. The first-order chi connectivity index (χ1) is 11.1. The van der Waals surface area contributed by atoms with Gasteiger partial charge in [-0.25, -0.2) is 0 Å². The normalized spacial score (nSPS) is 25.0. The smallest absolute Gasteiger partial charge is 0.307 e. The van der Waals surface area contributed by atoms with E-state index in [1.165, 1.54) is 25.7 Å². The van der Waals surface area contributed by atoms with Gasteiger partial charge in [-0.15, -0.1) is 0 Å². The van der Waals surface area contributed by atoms with Crippen LogP contribution in [0.4, 0.5) is 0 Å². The Balaban J connectivity index is 1.59. The lowest BCUT2D eigenvalue weighted by Gasteiger charge is -2.22. The summed E-state index contributed by atoms with van der Waals surface area (Å²) in [5.74, 6) is -0.204. The van der Waals surface area contributed by atoms with Gasteiger partial charge in [0.15, 0.2) is 0 Å². The molecular weight excluding hydrogens is 290 g/mol. The van der Waals surface area contributed by atoms with Gasteiger partial charge in [0, 0.05) is 19.5 Å². The van der Waals surface area contributed by atoms with Crippen molar-refractivity contribution < 1.29 is 14.7 Å². The van der Waals surface area contributed by atoms with E-state index >= 15 is 0 Å². The van der Waals surface area contributed by atoms with Crippen molar-refractivity contribution in [3.63, 3.8) is 0 Å². The van der Waals surface area contributed by atoms with E-state index in [-0.39, 0.29) is 12.3 Å². The number of benzene rings is 1. The zero-order valence-corrected chi connectivity index (χ0v) is 13.5. The van der Waals surface area contributed by atoms with Crippen molar-refractivity contribution in [2.24, 2.45) is 17.8 Å². The van der Waals surface area contributed by atoms with Crippen molar-refractivity contribution >= 4 is 11.9 Å². The molecule has 1 aromatic rings. The lowest BCUT2D eigenvalue weighted by atomic mass is 9.82. The van der Waals surface area contributed by atoms with Crippen LogP contribution in [-0.4, -0.2) is 35.0 Å². The van der Waals surface area contributed by atoms with Crippen LogP contribution in [0.15, 0.2) is 30.3 Å². The van der Waals surface area contributed by atoms with Crippen LogP contribution < -0.4 is 0 Å². The zero-order chi connectivity index (χ0) is 16.2. The Bertz CT molecular complexity index is 543. The second-order valence-corrected chi connectivity index (χ2v) is 7.03. The molecule has 4 nitrogen and oxygen atoms in total. The van der Waals surface area contributed by atoms with Crippen LogP contribution in [0.5, 0.6) is 0 Å². The largest absolute Gasteiger partial charge is 0.481 e. The quantitative estimate of drug-likeness (QED) is 0.909. The highest BCUT2D eigenvalue weighted by Crippen LogP contribution is 2.36. The molecule has 0 spiro atoms. The molecule has 0 bridgehead atoms. The number of rotatable bonds is 5. The molecule has 0 radical (unpaired) electrons. The summed E-state index contributed by atoms with van der Waals surface area (Å²) in [6.45, 7) is 1.67. The van der Waals surface area contributed by atoms with E-state index in [0.29, 0.717) is 18.3 Å². The molecule has 1 N–H and O–H groups in total. The molecule has 2 aliphatic rings. The summed E-state index contributed by atoms with van der Waals surface area (Å²) in [6, 6.07) is 9.56. The standard InChI is InChI=1S/C19H25NO3/c21-18(20-12-15-8-4-5-9-16(15)13-20)11-17(19(22)23)10-14-6-2-1-3-7-14/h1-3,6-7,15-17H,4-5,8-13H2,(H,22,23)/t15?,16?,17-/m1/s1. The maximum atomic E-state index is 12.6. The van der Waals surface area contributed by atoms with E-state index in [1.54, 1.807) is 0 Å². The van der Waals surface area contributed by atoms with Gasteiger partial charge in [-0.3, -0.25) is 9.59 Å². The second-order valence-electron chi connectivity index (χ2n) is 7.03. The number of hydrogen-bond donors (Lipinski definition) is 1. The van der Waals surface area contributed by atoms with Crippen LogP contribution in [0.3, 0.4) is 0 Å². The molecule has 1 aromatic carbocycles. The number of hydrogen-bond acceptors (Lipinski definition) is 2. The molecule has 23 heavy (non-hydrogen) atoms. The molecule has 4 heteroatoms. The molecule has 1 aliphatic carbocycles. The van der Waals surface area contributed by atoms with Gasteiger partial charge in [0.2, 0.25) is 5.91 Å². The van der Waals surface area contributed by atoms with E-state index in [2.05, 4.69) is 0 Å². The molecule has 0 aromatic heterocycles. The SMILES string of the molecule is O=C(O)[C@@H](CC(=O)N1CC2CCCCC2C1)Cc1ccccc1. The number of aliphatic carboxylic acids is 1. The minimum atomic E-state index is -0.876. The van der Waals surface area contributed by atoms with Crippen LogP contribution in [0, 0.1) is 17.8 Å². The fourth-order valence-corrected chi connectivity index (χ4v) is 4.09. The highest BCUT2D eigenvalue weighted by Gasteiger charge is 2.37. The van der Waals surface area contributed by atoms with Gasteiger partial charge in [-0.2, -0.15) is 0 Å². The lowest BCUT2D eigenvalue weighted by molar-refractivity contribution is -0.145. The van der Waals surface area contributed by atoms with Crippen LogP contribution >= 0.6 is 0 Å². The van der Waals surface area contributed by atoms with Crippen molar-refractivity contribution in [2.45, 2.75) is 38.5 Å². The molecule has 124 valence electrons.